The minimum Gasteiger partial charge on any atom is -0.454 e. The second-order valence-corrected chi connectivity index (χ2v) is 5.96. The van der Waals surface area contributed by atoms with Crippen LogP contribution >= 0.6 is 0 Å². The smallest absolute Gasteiger partial charge is 0.325 e. The fraction of sp³-hybridized carbons (Fsp3) is 0.350. The van der Waals surface area contributed by atoms with Crippen LogP contribution in [0.4, 0.5) is 0 Å². The van der Waals surface area contributed by atoms with Crippen LogP contribution in [0.5, 0.6) is 0 Å². The maximum Gasteiger partial charge on any atom is 0.325 e. The molecule has 0 bridgehead atoms. The lowest BCUT2D eigenvalue weighted by Crippen LogP contribution is -2.34. The number of benzene rings is 2. The van der Waals surface area contributed by atoms with Crippen molar-refractivity contribution in [2.75, 3.05) is 19.7 Å². The van der Waals surface area contributed by atoms with Crippen LogP contribution in [0.1, 0.15) is 25.3 Å². The predicted octanol–water partition coefficient (Wildman–Crippen LogP) is 1.96. The minimum atomic E-state index is -0.637. The summed E-state index contributed by atoms with van der Waals surface area (Å²) in [5.74, 6) is -1.25. The second kappa shape index (κ2) is 10.2. The van der Waals surface area contributed by atoms with Crippen molar-refractivity contribution in [3.63, 3.8) is 0 Å². The lowest BCUT2D eigenvalue weighted by atomic mass is 10.0. The first-order valence-corrected chi connectivity index (χ1v) is 8.75. The molecule has 0 fully saturated rings. The van der Waals surface area contributed by atoms with Crippen molar-refractivity contribution in [2.24, 2.45) is 0 Å². The Kier molecular flexibility index (Phi) is 7.61. The maximum atomic E-state index is 12.1. The van der Waals surface area contributed by atoms with Crippen LogP contribution in [-0.4, -0.2) is 37.5 Å². The Morgan fingerprint density at radius 2 is 1.73 bits per heavy atom. The Morgan fingerprint density at radius 3 is 2.54 bits per heavy atom. The van der Waals surface area contributed by atoms with Crippen molar-refractivity contribution in [1.29, 1.82) is 0 Å². The van der Waals surface area contributed by atoms with Crippen LogP contribution in [0.15, 0.2) is 42.5 Å². The molecule has 2 aromatic carbocycles. The second-order valence-electron chi connectivity index (χ2n) is 5.96. The molecule has 0 unspecified atom stereocenters. The summed E-state index contributed by atoms with van der Waals surface area (Å²) in [5, 5.41) is 7.25. The van der Waals surface area contributed by atoms with Crippen LogP contribution in [0, 0.1) is 0 Å². The van der Waals surface area contributed by atoms with Gasteiger partial charge in [0.15, 0.2) is 6.61 Å². The molecule has 0 aliphatic carbocycles. The van der Waals surface area contributed by atoms with Crippen LogP contribution in [0.3, 0.4) is 0 Å². The number of nitrogens with one attached hydrogen (secondary N) is 2. The van der Waals surface area contributed by atoms with Crippen molar-refractivity contribution in [3.8, 4) is 0 Å². The Bertz CT molecular complexity index is 768. The van der Waals surface area contributed by atoms with Crippen molar-refractivity contribution in [3.05, 3.63) is 48.0 Å². The maximum absolute atomic E-state index is 12.1. The molecule has 0 spiro atoms. The summed E-state index contributed by atoms with van der Waals surface area (Å²) in [5.41, 5.74) is 0.893. The summed E-state index contributed by atoms with van der Waals surface area (Å²) in [6, 6.07) is 13.6. The third-order valence-electron chi connectivity index (χ3n) is 3.88. The number of hydrogen-bond acceptors (Lipinski definition) is 4. The van der Waals surface area contributed by atoms with Crippen molar-refractivity contribution < 1.29 is 19.1 Å². The highest BCUT2D eigenvalue weighted by Gasteiger charge is 2.11. The lowest BCUT2D eigenvalue weighted by Gasteiger charge is -2.08. The van der Waals surface area contributed by atoms with Crippen LogP contribution < -0.4 is 10.6 Å². The zero-order chi connectivity index (χ0) is 18.8. The van der Waals surface area contributed by atoms with E-state index < -0.39 is 5.97 Å². The zero-order valence-corrected chi connectivity index (χ0v) is 14.9. The van der Waals surface area contributed by atoms with Crippen LogP contribution in [0.25, 0.3) is 10.8 Å². The number of carbonyl (C=O) groups is 3. The Morgan fingerprint density at radius 1 is 0.962 bits per heavy atom. The SMILES string of the molecule is CCCCNC(=O)COC(=O)CNC(=O)Cc1cccc2ccccc12. The van der Waals surface area contributed by atoms with E-state index in [9.17, 15) is 14.4 Å². The number of fused-ring (bicyclic) bond motifs is 1. The average Bonchev–Trinajstić information content (AvgIpc) is 2.65. The van der Waals surface area contributed by atoms with Gasteiger partial charge < -0.3 is 15.4 Å². The summed E-state index contributed by atoms with van der Waals surface area (Å²) < 4.78 is 4.84. The standard InChI is InChI=1S/C20H24N2O4/c1-2-3-11-21-19(24)14-26-20(25)13-22-18(23)12-16-9-6-8-15-7-4-5-10-17(15)16/h4-10H,2-3,11-14H2,1H3,(H,21,24)(H,22,23). The van der Waals surface area contributed by atoms with E-state index in [1.165, 1.54) is 0 Å². The molecule has 2 aromatic rings. The predicted molar refractivity (Wildman–Crippen MR) is 99.5 cm³/mol. The van der Waals surface area contributed by atoms with Gasteiger partial charge in [0.1, 0.15) is 6.54 Å². The molecule has 0 aliphatic rings. The van der Waals surface area contributed by atoms with Gasteiger partial charge in [-0.15, -0.1) is 0 Å². The van der Waals surface area contributed by atoms with E-state index >= 15 is 0 Å². The number of unbranched alkanes of at least 4 members (excludes halogenated alkanes) is 1. The molecule has 26 heavy (non-hydrogen) atoms. The number of esters is 1. The van der Waals surface area contributed by atoms with Crippen LogP contribution in [0.2, 0.25) is 0 Å². The van der Waals surface area contributed by atoms with Crippen molar-refractivity contribution >= 4 is 28.6 Å². The van der Waals surface area contributed by atoms with Gasteiger partial charge in [-0.3, -0.25) is 14.4 Å². The fourth-order valence-electron chi connectivity index (χ4n) is 2.51. The van der Waals surface area contributed by atoms with Crippen molar-refractivity contribution in [2.45, 2.75) is 26.2 Å². The highest BCUT2D eigenvalue weighted by Crippen LogP contribution is 2.18. The molecule has 0 radical (unpaired) electrons. The van der Waals surface area contributed by atoms with E-state index in [1.807, 2.05) is 49.4 Å². The number of ether oxygens (including phenoxy) is 1. The third-order valence-corrected chi connectivity index (χ3v) is 3.88. The fourth-order valence-corrected chi connectivity index (χ4v) is 2.51. The first-order chi connectivity index (χ1) is 12.6. The van der Waals surface area contributed by atoms with Crippen molar-refractivity contribution in [1.82, 2.24) is 10.6 Å². The topological polar surface area (TPSA) is 84.5 Å². The Labute approximate surface area is 152 Å². The Hall–Kier alpha value is -2.89. The monoisotopic (exact) mass is 356 g/mol. The molecular weight excluding hydrogens is 332 g/mol. The lowest BCUT2D eigenvalue weighted by molar-refractivity contribution is -0.148. The van der Waals surface area contributed by atoms with Gasteiger partial charge >= 0.3 is 5.97 Å². The number of amides is 2. The third kappa shape index (κ3) is 6.20. The molecule has 2 amide bonds. The van der Waals surface area contributed by atoms with E-state index in [1.54, 1.807) is 0 Å². The summed E-state index contributed by atoms with van der Waals surface area (Å²) in [4.78, 5) is 35.2. The highest BCUT2D eigenvalue weighted by atomic mass is 16.5. The normalized spacial score (nSPS) is 10.3. The molecule has 0 aliphatic heterocycles. The van der Waals surface area contributed by atoms with E-state index in [0.29, 0.717) is 6.54 Å². The van der Waals surface area contributed by atoms with E-state index in [-0.39, 0.29) is 31.4 Å². The summed E-state index contributed by atoms with van der Waals surface area (Å²) in [6.07, 6.45) is 2.03. The molecule has 0 atom stereocenters. The van der Waals surface area contributed by atoms with Gasteiger partial charge in [-0.2, -0.15) is 0 Å². The first kappa shape index (κ1) is 19.4. The first-order valence-electron chi connectivity index (χ1n) is 8.75. The molecule has 0 aromatic heterocycles. The summed E-state index contributed by atoms with van der Waals surface area (Å²) in [6.45, 7) is 2.00. The van der Waals surface area contributed by atoms with Gasteiger partial charge in [-0.25, -0.2) is 0 Å². The average molecular weight is 356 g/mol. The number of rotatable bonds is 9. The minimum absolute atomic E-state index is 0.173. The molecule has 2 rings (SSSR count). The van der Waals surface area contributed by atoms with Crippen LogP contribution in [-0.2, 0) is 25.5 Å². The van der Waals surface area contributed by atoms with Gasteiger partial charge in [-0.05, 0) is 22.8 Å². The Balaban J connectivity index is 1.74. The number of carbonyl (C=O) groups excluding carboxylic acids is 3. The van der Waals surface area contributed by atoms with Gasteiger partial charge in [0, 0.05) is 6.54 Å². The molecule has 0 saturated heterocycles. The van der Waals surface area contributed by atoms with E-state index in [2.05, 4.69) is 10.6 Å². The molecule has 138 valence electrons. The molecule has 6 heteroatoms. The zero-order valence-electron chi connectivity index (χ0n) is 14.9. The molecule has 6 nitrogen and oxygen atoms in total. The van der Waals surface area contributed by atoms with E-state index in [0.717, 1.165) is 29.2 Å². The highest BCUT2D eigenvalue weighted by molar-refractivity contribution is 5.91. The quantitative estimate of drug-likeness (QED) is 0.531. The molecule has 0 heterocycles. The largest absolute Gasteiger partial charge is 0.454 e. The number of hydrogen-bond donors (Lipinski definition) is 2. The van der Waals surface area contributed by atoms with Gasteiger partial charge in [0.05, 0.1) is 6.42 Å². The van der Waals surface area contributed by atoms with E-state index in [4.69, 9.17) is 4.74 Å². The molecular formula is C20H24N2O4. The summed E-state index contributed by atoms with van der Waals surface area (Å²) >= 11 is 0. The molecule has 2 N–H and O–H groups in total. The summed E-state index contributed by atoms with van der Waals surface area (Å²) in [7, 11) is 0. The van der Waals surface area contributed by atoms with Gasteiger partial charge in [-0.1, -0.05) is 55.8 Å². The van der Waals surface area contributed by atoms with Gasteiger partial charge in [0.25, 0.3) is 5.91 Å². The molecule has 0 saturated carbocycles. The van der Waals surface area contributed by atoms with Gasteiger partial charge in [0.2, 0.25) is 5.91 Å².